The van der Waals surface area contributed by atoms with E-state index in [1.54, 1.807) is 0 Å². The lowest BCUT2D eigenvalue weighted by atomic mass is 10.1. The average molecular weight is 401 g/mol. The van der Waals surface area contributed by atoms with Crippen molar-refractivity contribution in [3.63, 3.8) is 0 Å². The van der Waals surface area contributed by atoms with Gasteiger partial charge in [0.2, 0.25) is 0 Å². The van der Waals surface area contributed by atoms with E-state index in [-0.39, 0.29) is 0 Å². The van der Waals surface area contributed by atoms with Crippen LogP contribution in [0.1, 0.15) is 23.3 Å². The molecule has 0 unspecified atom stereocenters. The van der Waals surface area contributed by atoms with E-state index in [4.69, 9.17) is 0 Å². The molecule has 19 heavy (non-hydrogen) atoms. The summed E-state index contributed by atoms with van der Waals surface area (Å²) in [7, 11) is 0. The Kier molecular flexibility index (Phi) is 4.30. The molecule has 0 aliphatic heterocycles. The van der Waals surface area contributed by atoms with Crippen LogP contribution in [-0.4, -0.2) is 6.04 Å². The summed E-state index contributed by atoms with van der Waals surface area (Å²) in [6.45, 7) is 1.03. The van der Waals surface area contributed by atoms with Gasteiger partial charge in [-0.25, -0.2) is 0 Å². The Morgan fingerprint density at radius 2 is 2.11 bits per heavy atom. The van der Waals surface area contributed by atoms with Crippen LogP contribution in [0.3, 0.4) is 0 Å². The summed E-state index contributed by atoms with van der Waals surface area (Å²) in [4.78, 5) is 4.00. The van der Waals surface area contributed by atoms with Crippen molar-refractivity contribution >= 4 is 48.9 Å². The van der Waals surface area contributed by atoms with Crippen LogP contribution >= 0.6 is 43.2 Å². The molecule has 1 fully saturated rings. The van der Waals surface area contributed by atoms with Crippen LogP contribution in [0.4, 0.5) is 5.69 Å². The summed E-state index contributed by atoms with van der Waals surface area (Å²) in [5, 5.41) is 3.07. The quantitative estimate of drug-likeness (QED) is 0.592. The second-order valence-corrected chi connectivity index (χ2v) is 7.35. The van der Waals surface area contributed by atoms with Crippen molar-refractivity contribution in [1.29, 1.82) is 0 Å². The predicted octanol–water partition coefficient (Wildman–Crippen LogP) is 5.57. The molecule has 0 radical (unpaired) electrons. The molecule has 0 atom stereocenters. The van der Waals surface area contributed by atoms with Gasteiger partial charge in [0.25, 0.3) is 0 Å². The first-order chi connectivity index (χ1) is 9.28. The Hall–Kier alpha value is -0.320. The van der Waals surface area contributed by atoms with Gasteiger partial charge in [0.1, 0.15) is 0 Å². The largest absolute Gasteiger partial charge is 0.363 e. The smallest absolute Gasteiger partial charge is 0.0526 e. The molecule has 0 spiro atoms. The summed E-state index contributed by atoms with van der Waals surface area (Å²) in [6.07, 6.45) is 2.64. The van der Waals surface area contributed by atoms with Crippen molar-refractivity contribution in [2.75, 3.05) is 4.90 Å². The second kappa shape index (κ2) is 5.98. The molecule has 0 bridgehead atoms. The van der Waals surface area contributed by atoms with Gasteiger partial charge in [-0.2, -0.15) is 0 Å². The van der Waals surface area contributed by atoms with Crippen LogP contribution in [0.25, 0.3) is 0 Å². The number of nitrogens with zero attached hydrogens (tertiary/aromatic N) is 1. The maximum Gasteiger partial charge on any atom is 0.0526 e. The molecule has 1 nitrogen and oxygen atoms in total. The van der Waals surface area contributed by atoms with Crippen molar-refractivity contribution < 1.29 is 0 Å². The summed E-state index contributed by atoms with van der Waals surface area (Å²) in [5.41, 5.74) is 2.73. The molecule has 1 aliphatic rings. The lowest BCUT2D eigenvalue weighted by molar-refractivity contribution is 0.799. The molecule has 4 heteroatoms. The van der Waals surface area contributed by atoms with Crippen molar-refractivity contribution in [1.82, 2.24) is 0 Å². The average Bonchev–Trinajstić information content (AvgIpc) is 3.13. The summed E-state index contributed by atoms with van der Waals surface area (Å²) >= 11 is 9.05. The number of hydrogen-bond donors (Lipinski definition) is 0. The fourth-order valence-corrected chi connectivity index (χ4v) is 3.81. The third-order valence-corrected chi connectivity index (χ3v) is 5.35. The number of alkyl halides is 1. The highest BCUT2D eigenvalue weighted by molar-refractivity contribution is 9.10. The van der Waals surface area contributed by atoms with Crippen molar-refractivity contribution in [2.45, 2.75) is 30.8 Å². The van der Waals surface area contributed by atoms with Crippen LogP contribution in [0.5, 0.6) is 0 Å². The molecule has 1 aromatic heterocycles. The lowest BCUT2D eigenvalue weighted by Crippen LogP contribution is -2.25. The van der Waals surface area contributed by atoms with Gasteiger partial charge in [-0.1, -0.05) is 44.0 Å². The highest BCUT2D eigenvalue weighted by atomic mass is 79.9. The Morgan fingerprint density at radius 3 is 2.74 bits per heavy atom. The highest BCUT2D eigenvalue weighted by Gasteiger charge is 2.30. The van der Waals surface area contributed by atoms with E-state index < -0.39 is 0 Å². The van der Waals surface area contributed by atoms with Crippen molar-refractivity contribution in [3.05, 3.63) is 50.6 Å². The zero-order chi connectivity index (χ0) is 13.2. The van der Waals surface area contributed by atoms with E-state index in [9.17, 15) is 0 Å². The molecular formula is C15H15Br2NS. The second-order valence-electron chi connectivity index (χ2n) is 4.85. The van der Waals surface area contributed by atoms with Gasteiger partial charge in [0.05, 0.1) is 6.54 Å². The van der Waals surface area contributed by atoms with E-state index in [0.29, 0.717) is 6.04 Å². The van der Waals surface area contributed by atoms with Crippen LogP contribution in [-0.2, 0) is 11.9 Å². The number of rotatable bonds is 5. The minimum atomic E-state index is 0.717. The zero-order valence-corrected chi connectivity index (χ0v) is 14.5. The van der Waals surface area contributed by atoms with Crippen LogP contribution in [0, 0.1) is 0 Å². The van der Waals surface area contributed by atoms with Gasteiger partial charge < -0.3 is 4.90 Å². The van der Waals surface area contributed by atoms with Crippen molar-refractivity contribution in [2.24, 2.45) is 0 Å². The van der Waals surface area contributed by atoms with Gasteiger partial charge in [-0.3, -0.25) is 0 Å². The maximum absolute atomic E-state index is 3.61. The Labute approximate surface area is 134 Å². The van der Waals surface area contributed by atoms with E-state index in [1.807, 2.05) is 11.3 Å². The summed E-state index contributed by atoms with van der Waals surface area (Å²) in [5.74, 6) is 0. The molecule has 1 heterocycles. The fourth-order valence-electron chi connectivity index (χ4n) is 2.28. The first-order valence-corrected chi connectivity index (χ1v) is 9.21. The number of benzene rings is 1. The lowest BCUT2D eigenvalue weighted by Gasteiger charge is -2.26. The number of hydrogen-bond acceptors (Lipinski definition) is 2. The van der Waals surface area contributed by atoms with Gasteiger partial charge in [-0.15, -0.1) is 11.3 Å². The van der Waals surface area contributed by atoms with Gasteiger partial charge in [-0.05, 0) is 42.0 Å². The Balaban J connectivity index is 1.93. The zero-order valence-electron chi connectivity index (χ0n) is 10.5. The normalized spacial score (nSPS) is 14.6. The van der Waals surface area contributed by atoms with Gasteiger partial charge >= 0.3 is 0 Å². The minimum absolute atomic E-state index is 0.717. The Morgan fingerprint density at radius 1 is 1.26 bits per heavy atom. The summed E-state index contributed by atoms with van der Waals surface area (Å²) in [6, 6.07) is 11.7. The molecule has 0 saturated heterocycles. The van der Waals surface area contributed by atoms with Crippen LogP contribution in [0.2, 0.25) is 0 Å². The Bertz CT molecular complexity index is 549. The van der Waals surface area contributed by atoms with E-state index >= 15 is 0 Å². The molecule has 0 N–H and O–H groups in total. The van der Waals surface area contributed by atoms with Gasteiger partial charge in [0.15, 0.2) is 0 Å². The van der Waals surface area contributed by atoms with Crippen LogP contribution < -0.4 is 4.90 Å². The first-order valence-electron chi connectivity index (χ1n) is 6.41. The fraction of sp³-hybridized carbons (Fsp3) is 0.333. The molecule has 0 amide bonds. The molecule has 1 aromatic carbocycles. The topological polar surface area (TPSA) is 3.24 Å². The third kappa shape index (κ3) is 3.23. The molecule has 3 rings (SSSR count). The summed E-state index contributed by atoms with van der Waals surface area (Å²) < 4.78 is 1.16. The molecule has 100 valence electrons. The van der Waals surface area contributed by atoms with E-state index in [0.717, 1.165) is 16.3 Å². The molecule has 1 saturated carbocycles. The third-order valence-electron chi connectivity index (χ3n) is 3.39. The van der Waals surface area contributed by atoms with Crippen LogP contribution in [0.15, 0.2) is 40.2 Å². The van der Waals surface area contributed by atoms with Crippen molar-refractivity contribution in [3.8, 4) is 0 Å². The minimum Gasteiger partial charge on any atom is -0.363 e. The predicted molar refractivity (Wildman–Crippen MR) is 90.3 cm³/mol. The van der Waals surface area contributed by atoms with E-state index in [2.05, 4.69) is 72.5 Å². The molecular weight excluding hydrogens is 386 g/mol. The number of halogens is 2. The van der Waals surface area contributed by atoms with Gasteiger partial charge in [0, 0.05) is 26.4 Å². The molecule has 2 aromatic rings. The highest BCUT2D eigenvalue weighted by Crippen LogP contribution is 2.37. The monoisotopic (exact) mass is 399 g/mol. The first kappa shape index (κ1) is 13.7. The standard InChI is InChI=1S/C15H15Br2NS/c16-9-11-3-4-12(17)8-15(11)18(13-5-6-13)10-14-2-1-7-19-14/h1-4,7-8,13H,5-6,9-10H2. The maximum atomic E-state index is 3.61. The molecule has 1 aliphatic carbocycles. The number of thiophene rings is 1. The van der Waals surface area contributed by atoms with E-state index in [1.165, 1.54) is 29.0 Å². The number of anilines is 1. The SMILES string of the molecule is BrCc1ccc(Br)cc1N(Cc1cccs1)C1CC1.